The zero-order valence-electron chi connectivity index (χ0n) is 14.4. The number of morpholine rings is 1. The van der Waals surface area contributed by atoms with Crippen LogP contribution in [0.25, 0.3) is 11.6 Å². The maximum atomic E-state index is 12.5. The minimum atomic E-state index is 0.0928. The normalized spacial score (nSPS) is 25.1. The average Bonchev–Trinajstić information content (AvgIpc) is 3.20. The van der Waals surface area contributed by atoms with Crippen LogP contribution in [0, 0.1) is 0 Å². The number of carbonyl (C=O) groups is 1. The van der Waals surface area contributed by atoms with Gasteiger partial charge in [-0.2, -0.15) is 4.98 Å². The van der Waals surface area contributed by atoms with E-state index in [4.69, 9.17) is 13.7 Å². The molecule has 134 valence electrons. The van der Waals surface area contributed by atoms with E-state index in [2.05, 4.69) is 15.0 Å². The molecule has 25 heavy (non-hydrogen) atoms. The third-order valence-corrected chi connectivity index (χ3v) is 4.62. The molecule has 2 aliphatic rings. The standard InChI is InChI=1S/C17H22N4O4/c1-11-6-21(7-12(2)24-11)15(22)10-20-8-13(9-20)17-18-16(19-25-17)14-4-3-5-23-14/h3-5,11-13H,6-10H2,1-2H3. The van der Waals surface area contributed by atoms with Crippen molar-refractivity contribution in [2.24, 2.45) is 0 Å². The zero-order chi connectivity index (χ0) is 17.4. The van der Waals surface area contributed by atoms with Gasteiger partial charge in [-0.15, -0.1) is 0 Å². The number of aromatic nitrogens is 2. The van der Waals surface area contributed by atoms with Crippen LogP contribution in [0.4, 0.5) is 0 Å². The van der Waals surface area contributed by atoms with E-state index in [-0.39, 0.29) is 24.0 Å². The SMILES string of the molecule is CC1CN(C(=O)CN2CC(c3nc(-c4ccco4)no3)C2)CC(C)O1. The lowest BCUT2D eigenvalue weighted by Gasteiger charge is -2.40. The topological polar surface area (TPSA) is 84.8 Å². The molecule has 0 N–H and O–H groups in total. The number of likely N-dealkylation sites (tertiary alicyclic amines) is 1. The molecule has 0 bridgehead atoms. The summed E-state index contributed by atoms with van der Waals surface area (Å²) in [5.41, 5.74) is 0. The van der Waals surface area contributed by atoms with Gasteiger partial charge in [0.1, 0.15) is 0 Å². The molecule has 1 amide bonds. The van der Waals surface area contributed by atoms with Gasteiger partial charge in [-0.3, -0.25) is 9.69 Å². The van der Waals surface area contributed by atoms with Crippen LogP contribution in [0.15, 0.2) is 27.3 Å². The Hall–Kier alpha value is -2.19. The van der Waals surface area contributed by atoms with Crippen LogP contribution in [-0.2, 0) is 9.53 Å². The fraction of sp³-hybridized carbons (Fsp3) is 0.588. The Balaban J connectivity index is 1.28. The summed E-state index contributed by atoms with van der Waals surface area (Å²) in [6.07, 6.45) is 1.76. The van der Waals surface area contributed by atoms with Crippen molar-refractivity contribution in [2.75, 3.05) is 32.7 Å². The Kier molecular flexibility index (Phi) is 4.30. The summed E-state index contributed by atoms with van der Waals surface area (Å²) < 4.78 is 16.3. The van der Waals surface area contributed by atoms with E-state index in [0.29, 0.717) is 37.1 Å². The molecular formula is C17H22N4O4. The molecule has 4 heterocycles. The number of rotatable bonds is 4. The molecule has 2 aromatic rings. The first-order valence-electron chi connectivity index (χ1n) is 8.61. The molecule has 2 fully saturated rings. The number of amides is 1. The van der Waals surface area contributed by atoms with Crippen LogP contribution < -0.4 is 0 Å². The van der Waals surface area contributed by atoms with Crippen molar-refractivity contribution in [1.29, 1.82) is 0 Å². The average molecular weight is 346 g/mol. The highest BCUT2D eigenvalue weighted by atomic mass is 16.5. The van der Waals surface area contributed by atoms with Crippen molar-refractivity contribution < 1.29 is 18.5 Å². The first kappa shape index (κ1) is 16.3. The summed E-state index contributed by atoms with van der Waals surface area (Å²) in [6.45, 7) is 7.26. The van der Waals surface area contributed by atoms with E-state index in [1.54, 1.807) is 18.4 Å². The number of carbonyl (C=O) groups excluding carboxylic acids is 1. The molecule has 8 heteroatoms. The third kappa shape index (κ3) is 3.45. The van der Waals surface area contributed by atoms with E-state index in [1.165, 1.54) is 0 Å². The van der Waals surface area contributed by atoms with Crippen LogP contribution in [0.3, 0.4) is 0 Å². The maximum Gasteiger partial charge on any atom is 0.238 e. The Morgan fingerprint density at radius 2 is 2.00 bits per heavy atom. The maximum absolute atomic E-state index is 12.5. The quantitative estimate of drug-likeness (QED) is 0.826. The van der Waals surface area contributed by atoms with E-state index in [9.17, 15) is 4.79 Å². The molecule has 0 spiro atoms. The molecule has 4 rings (SSSR count). The van der Waals surface area contributed by atoms with Crippen LogP contribution in [0.1, 0.15) is 25.7 Å². The van der Waals surface area contributed by atoms with E-state index >= 15 is 0 Å². The number of furan rings is 1. The van der Waals surface area contributed by atoms with Crippen molar-refractivity contribution in [3.05, 3.63) is 24.3 Å². The number of ether oxygens (including phenoxy) is 1. The smallest absolute Gasteiger partial charge is 0.238 e. The first-order chi connectivity index (χ1) is 12.1. The lowest BCUT2D eigenvalue weighted by atomic mass is 10.00. The summed E-state index contributed by atoms with van der Waals surface area (Å²) in [4.78, 5) is 20.9. The second-order valence-corrected chi connectivity index (χ2v) is 6.88. The molecular weight excluding hydrogens is 324 g/mol. The van der Waals surface area contributed by atoms with E-state index in [0.717, 1.165) is 13.1 Å². The Labute approximate surface area is 145 Å². The lowest BCUT2D eigenvalue weighted by Crippen LogP contribution is -2.54. The second kappa shape index (κ2) is 6.61. The lowest BCUT2D eigenvalue weighted by molar-refractivity contribution is -0.145. The van der Waals surface area contributed by atoms with Gasteiger partial charge in [0.2, 0.25) is 17.6 Å². The monoisotopic (exact) mass is 346 g/mol. The van der Waals surface area contributed by atoms with Gasteiger partial charge >= 0.3 is 0 Å². The minimum Gasteiger partial charge on any atom is -0.461 e. The highest BCUT2D eigenvalue weighted by Gasteiger charge is 2.35. The third-order valence-electron chi connectivity index (χ3n) is 4.62. The van der Waals surface area contributed by atoms with Gasteiger partial charge in [0, 0.05) is 26.2 Å². The van der Waals surface area contributed by atoms with E-state index in [1.807, 2.05) is 18.7 Å². The zero-order valence-corrected chi connectivity index (χ0v) is 14.4. The Morgan fingerprint density at radius 1 is 1.24 bits per heavy atom. The highest BCUT2D eigenvalue weighted by molar-refractivity contribution is 5.78. The molecule has 0 radical (unpaired) electrons. The van der Waals surface area contributed by atoms with Gasteiger partial charge in [-0.1, -0.05) is 5.16 Å². The van der Waals surface area contributed by atoms with Crippen LogP contribution in [0.5, 0.6) is 0 Å². The Bertz CT molecular complexity index is 713. The van der Waals surface area contributed by atoms with Gasteiger partial charge in [-0.05, 0) is 26.0 Å². The molecule has 2 saturated heterocycles. The van der Waals surface area contributed by atoms with Gasteiger partial charge in [0.05, 0.1) is 30.9 Å². The predicted octanol–water partition coefficient (Wildman–Crippen LogP) is 1.36. The molecule has 2 atom stereocenters. The fourth-order valence-corrected chi connectivity index (χ4v) is 3.43. The molecule has 2 aliphatic heterocycles. The molecule has 0 saturated carbocycles. The predicted molar refractivity (Wildman–Crippen MR) is 87.8 cm³/mol. The molecule has 0 aliphatic carbocycles. The minimum absolute atomic E-state index is 0.0928. The van der Waals surface area contributed by atoms with Crippen molar-refractivity contribution in [1.82, 2.24) is 19.9 Å². The number of nitrogens with zero attached hydrogens (tertiary/aromatic N) is 4. The second-order valence-electron chi connectivity index (χ2n) is 6.88. The van der Waals surface area contributed by atoms with Gasteiger partial charge in [-0.25, -0.2) is 0 Å². The first-order valence-corrected chi connectivity index (χ1v) is 8.61. The van der Waals surface area contributed by atoms with Crippen molar-refractivity contribution >= 4 is 5.91 Å². The molecule has 8 nitrogen and oxygen atoms in total. The van der Waals surface area contributed by atoms with Crippen LogP contribution in [-0.4, -0.2) is 70.8 Å². The Morgan fingerprint density at radius 3 is 2.68 bits per heavy atom. The van der Waals surface area contributed by atoms with Gasteiger partial charge < -0.3 is 18.6 Å². The molecule has 2 unspecified atom stereocenters. The summed E-state index contributed by atoms with van der Waals surface area (Å²) >= 11 is 0. The van der Waals surface area contributed by atoms with E-state index < -0.39 is 0 Å². The summed E-state index contributed by atoms with van der Waals surface area (Å²) in [5, 5.41) is 3.95. The summed E-state index contributed by atoms with van der Waals surface area (Å²) in [7, 11) is 0. The van der Waals surface area contributed by atoms with Crippen LogP contribution >= 0.6 is 0 Å². The fourth-order valence-electron chi connectivity index (χ4n) is 3.43. The number of hydrogen-bond donors (Lipinski definition) is 0. The molecule has 0 aromatic carbocycles. The molecule has 2 aromatic heterocycles. The van der Waals surface area contributed by atoms with Crippen molar-refractivity contribution in [3.63, 3.8) is 0 Å². The number of hydrogen-bond acceptors (Lipinski definition) is 7. The largest absolute Gasteiger partial charge is 0.461 e. The summed E-state index contributed by atoms with van der Waals surface area (Å²) in [6, 6.07) is 3.58. The van der Waals surface area contributed by atoms with Gasteiger partial charge in [0.15, 0.2) is 5.76 Å². The summed E-state index contributed by atoms with van der Waals surface area (Å²) in [5.74, 6) is 1.99. The van der Waals surface area contributed by atoms with Crippen LogP contribution in [0.2, 0.25) is 0 Å². The highest BCUT2D eigenvalue weighted by Crippen LogP contribution is 2.27. The van der Waals surface area contributed by atoms with Crippen molar-refractivity contribution in [3.8, 4) is 11.6 Å². The van der Waals surface area contributed by atoms with Crippen molar-refractivity contribution in [2.45, 2.75) is 32.0 Å². The van der Waals surface area contributed by atoms with Gasteiger partial charge in [0.25, 0.3) is 0 Å².